The number of piperidine rings is 1. The van der Waals surface area contributed by atoms with Gasteiger partial charge in [0.2, 0.25) is 11.8 Å². The Hall–Kier alpha value is -3.20. The van der Waals surface area contributed by atoms with Crippen LogP contribution in [0.15, 0.2) is 42.9 Å². The average Bonchev–Trinajstić information content (AvgIpc) is 3.56. The first-order valence-electron chi connectivity index (χ1n) is 10.8. The van der Waals surface area contributed by atoms with Gasteiger partial charge in [-0.25, -0.2) is 9.67 Å². The molecule has 31 heavy (non-hydrogen) atoms. The van der Waals surface area contributed by atoms with Gasteiger partial charge in [0.25, 0.3) is 0 Å². The summed E-state index contributed by atoms with van der Waals surface area (Å²) in [5, 5.41) is 7.44. The number of hydrogen-bond donors (Lipinski definition) is 1. The highest BCUT2D eigenvalue weighted by Crippen LogP contribution is 2.26. The lowest BCUT2D eigenvalue weighted by molar-refractivity contribution is -0.133. The standard InChI is InChI=1S/C22H26N6O3/c29-21(13-27-15-23-18-3-1-2-4-19(18)27)26-10-6-17(7-11-26)28-20(5-9-24-28)25-22(30)16-8-12-31-14-16/h1-5,9,15-17H,6-8,10-14H2,(H,25,30). The molecule has 1 N–H and O–H groups in total. The van der Waals surface area contributed by atoms with Crippen molar-refractivity contribution in [1.29, 1.82) is 0 Å². The van der Waals surface area contributed by atoms with Crippen LogP contribution in [-0.2, 0) is 20.9 Å². The van der Waals surface area contributed by atoms with E-state index in [1.54, 1.807) is 12.5 Å². The number of likely N-dealkylation sites (tertiary alicyclic amines) is 1. The molecule has 2 saturated heterocycles. The smallest absolute Gasteiger partial charge is 0.242 e. The summed E-state index contributed by atoms with van der Waals surface area (Å²) < 4.78 is 9.10. The van der Waals surface area contributed by atoms with Crippen LogP contribution in [0.25, 0.3) is 11.0 Å². The molecule has 9 heteroatoms. The van der Waals surface area contributed by atoms with E-state index in [2.05, 4.69) is 15.4 Å². The number of nitrogens with one attached hydrogen (secondary N) is 1. The topological polar surface area (TPSA) is 94.3 Å². The van der Waals surface area contributed by atoms with Gasteiger partial charge in [0.1, 0.15) is 12.4 Å². The summed E-state index contributed by atoms with van der Waals surface area (Å²) in [6.07, 6.45) is 5.79. The number of nitrogens with zero attached hydrogens (tertiary/aromatic N) is 5. The summed E-state index contributed by atoms with van der Waals surface area (Å²) in [6, 6.07) is 9.81. The Morgan fingerprint density at radius 1 is 1.13 bits per heavy atom. The highest BCUT2D eigenvalue weighted by molar-refractivity contribution is 5.92. The van der Waals surface area contributed by atoms with E-state index in [9.17, 15) is 9.59 Å². The van der Waals surface area contributed by atoms with Crippen LogP contribution in [0, 0.1) is 5.92 Å². The molecule has 162 valence electrons. The lowest BCUT2D eigenvalue weighted by Crippen LogP contribution is -2.41. The quantitative estimate of drug-likeness (QED) is 0.679. The first-order valence-corrected chi connectivity index (χ1v) is 10.8. The maximum absolute atomic E-state index is 12.8. The van der Waals surface area contributed by atoms with Crippen LogP contribution in [0.2, 0.25) is 0 Å². The molecule has 4 heterocycles. The van der Waals surface area contributed by atoms with Gasteiger partial charge in [0, 0.05) is 25.8 Å². The molecular weight excluding hydrogens is 396 g/mol. The molecule has 2 amide bonds. The van der Waals surface area contributed by atoms with Gasteiger partial charge in [-0.2, -0.15) is 5.10 Å². The van der Waals surface area contributed by atoms with E-state index in [-0.39, 0.29) is 30.3 Å². The van der Waals surface area contributed by atoms with Crippen LogP contribution >= 0.6 is 0 Å². The Kier molecular flexibility index (Phi) is 5.42. The van der Waals surface area contributed by atoms with E-state index in [1.165, 1.54) is 0 Å². The van der Waals surface area contributed by atoms with Crippen LogP contribution in [-0.4, -0.2) is 62.3 Å². The zero-order chi connectivity index (χ0) is 21.2. The van der Waals surface area contributed by atoms with Gasteiger partial charge < -0.3 is 19.5 Å². The predicted molar refractivity (Wildman–Crippen MR) is 114 cm³/mol. The number of carbonyl (C=O) groups excluding carboxylic acids is 2. The molecule has 1 atom stereocenters. The summed E-state index contributed by atoms with van der Waals surface area (Å²) in [4.78, 5) is 31.6. The molecule has 0 spiro atoms. The number of hydrogen-bond acceptors (Lipinski definition) is 5. The maximum atomic E-state index is 12.8. The average molecular weight is 422 g/mol. The number of carbonyl (C=O) groups is 2. The van der Waals surface area contributed by atoms with Crippen molar-refractivity contribution in [1.82, 2.24) is 24.2 Å². The number of para-hydroxylation sites is 2. The fourth-order valence-electron chi connectivity index (χ4n) is 4.42. The lowest BCUT2D eigenvalue weighted by atomic mass is 10.0. The lowest BCUT2D eigenvalue weighted by Gasteiger charge is -2.33. The number of fused-ring (bicyclic) bond motifs is 1. The molecule has 0 saturated carbocycles. The summed E-state index contributed by atoms with van der Waals surface area (Å²) in [6.45, 7) is 2.74. The number of benzene rings is 1. The van der Waals surface area contributed by atoms with Gasteiger partial charge in [-0.05, 0) is 31.4 Å². The fraction of sp³-hybridized carbons (Fsp3) is 0.455. The molecule has 0 radical (unpaired) electrons. The van der Waals surface area contributed by atoms with Crippen molar-refractivity contribution in [3.05, 3.63) is 42.9 Å². The second kappa shape index (κ2) is 8.50. The van der Waals surface area contributed by atoms with Crippen molar-refractivity contribution in [2.45, 2.75) is 31.8 Å². The minimum Gasteiger partial charge on any atom is -0.381 e. The normalized spacial score (nSPS) is 19.7. The van der Waals surface area contributed by atoms with Crippen LogP contribution in [0.4, 0.5) is 5.82 Å². The Labute approximate surface area is 180 Å². The molecule has 3 aromatic rings. The Morgan fingerprint density at radius 3 is 2.77 bits per heavy atom. The fourth-order valence-corrected chi connectivity index (χ4v) is 4.42. The van der Waals surface area contributed by atoms with Crippen LogP contribution in [0.3, 0.4) is 0 Å². The van der Waals surface area contributed by atoms with Gasteiger partial charge in [0.05, 0.1) is 42.1 Å². The van der Waals surface area contributed by atoms with Gasteiger partial charge in [-0.3, -0.25) is 9.59 Å². The molecule has 2 aromatic heterocycles. The first-order chi connectivity index (χ1) is 15.2. The monoisotopic (exact) mass is 422 g/mol. The Bertz CT molecular complexity index is 1080. The number of imidazole rings is 1. The summed E-state index contributed by atoms with van der Waals surface area (Å²) in [5.41, 5.74) is 1.86. The zero-order valence-electron chi connectivity index (χ0n) is 17.3. The van der Waals surface area contributed by atoms with E-state index in [0.29, 0.717) is 32.1 Å². The summed E-state index contributed by atoms with van der Waals surface area (Å²) >= 11 is 0. The van der Waals surface area contributed by atoms with Gasteiger partial charge >= 0.3 is 0 Å². The Morgan fingerprint density at radius 2 is 1.97 bits per heavy atom. The number of ether oxygens (including phenoxy) is 1. The molecule has 9 nitrogen and oxygen atoms in total. The predicted octanol–water partition coefficient (Wildman–Crippen LogP) is 2.07. The maximum Gasteiger partial charge on any atom is 0.242 e. The molecule has 0 bridgehead atoms. The third-order valence-corrected chi connectivity index (χ3v) is 6.22. The molecule has 1 unspecified atom stereocenters. The van der Waals surface area contributed by atoms with Crippen LogP contribution in [0.5, 0.6) is 0 Å². The first kappa shape index (κ1) is 19.7. The van der Waals surface area contributed by atoms with Crippen molar-refractivity contribution in [3.63, 3.8) is 0 Å². The largest absolute Gasteiger partial charge is 0.381 e. The molecular formula is C22H26N6O3. The molecule has 2 aliphatic heterocycles. The third kappa shape index (κ3) is 4.05. The number of amides is 2. The minimum absolute atomic E-state index is 0.0144. The minimum atomic E-state index is -0.0953. The molecule has 5 rings (SSSR count). The molecule has 0 aliphatic carbocycles. The summed E-state index contributed by atoms with van der Waals surface area (Å²) in [7, 11) is 0. The van der Waals surface area contributed by atoms with Crippen molar-refractivity contribution in [3.8, 4) is 0 Å². The van der Waals surface area contributed by atoms with Crippen molar-refractivity contribution in [2.24, 2.45) is 5.92 Å². The van der Waals surface area contributed by atoms with E-state index >= 15 is 0 Å². The number of aromatic nitrogens is 4. The highest BCUT2D eigenvalue weighted by Gasteiger charge is 2.28. The van der Waals surface area contributed by atoms with E-state index < -0.39 is 0 Å². The second-order valence-corrected chi connectivity index (χ2v) is 8.18. The highest BCUT2D eigenvalue weighted by atomic mass is 16.5. The van der Waals surface area contributed by atoms with Crippen LogP contribution in [0.1, 0.15) is 25.3 Å². The molecule has 2 fully saturated rings. The van der Waals surface area contributed by atoms with Gasteiger partial charge in [-0.15, -0.1) is 0 Å². The molecule has 2 aliphatic rings. The summed E-state index contributed by atoms with van der Waals surface area (Å²) in [5.74, 6) is 0.699. The van der Waals surface area contributed by atoms with Crippen molar-refractivity contribution < 1.29 is 14.3 Å². The zero-order valence-corrected chi connectivity index (χ0v) is 17.3. The van der Waals surface area contributed by atoms with Crippen molar-refractivity contribution >= 4 is 28.7 Å². The molecule has 1 aromatic carbocycles. The SMILES string of the molecule is O=C(Nc1ccnn1C1CCN(C(=O)Cn2cnc3ccccc32)CC1)C1CCOC1. The van der Waals surface area contributed by atoms with E-state index in [0.717, 1.165) is 30.3 Å². The Balaban J connectivity index is 1.18. The van der Waals surface area contributed by atoms with E-state index in [1.807, 2.05) is 44.5 Å². The second-order valence-electron chi connectivity index (χ2n) is 8.18. The van der Waals surface area contributed by atoms with Gasteiger partial charge in [-0.1, -0.05) is 12.1 Å². The van der Waals surface area contributed by atoms with Crippen LogP contribution < -0.4 is 5.32 Å². The number of anilines is 1. The van der Waals surface area contributed by atoms with Crippen molar-refractivity contribution in [2.75, 3.05) is 31.6 Å². The van der Waals surface area contributed by atoms with E-state index in [4.69, 9.17) is 4.74 Å². The third-order valence-electron chi connectivity index (χ3n) is 6.22. The number of rotatable bonds is 5. The van der Waals surface area contributed by atoms with Gasteiger partial charge in [0.15, 0.2) is 0 Å².